The van der Waals surface area contributed by atoms with Crippen LogP contribution in [-0.2, 0) is 6.54 Å². The van der Waals surface area contributed by atoms with Crippen molar-refractivity contribution in [2.24, 2.45) is 0 Å². The van der Waals surface area contributed by atoms with Gasteiger partial charge < -0.3 is 19.7 Å². The Morgan fingerprint density at radius 3 is 2.84 bits per heavy atom. The highest BCUT2D eigenvalue weighted by Gasteiger charge is 2.32. The molecule has 0 spiro atoms. The van der Waals surface area contributed by atoms with Crippen molar-refractivity contribution < 1.29 is 14.2 Å². The molecule has 1 heterocycles. The summed E-state index contributed by atoms with van der Waals surface area (Å²) in [4.78, 5) is 4.03. The van der Waals surface area contributed by atoms with Crippen molar-refractivity contribution in [2.45, 2.75) is 56.9 Å². The topological polar surface area (TPSA) is 59.3 Å². The molecule has 3 atom stereocenters. The van der Waals surface area contributed by atoms with E-state index in [-0.39, 0.29) is 18.0 Å². The Bertz CT molecular complexity index is 618. The van der Waals surface area contributed by atoms with Crippen molar-refractivity contribution in [1.82, 2.24) is 14.9 Å². The number of aliphatic hydroxyl groups is 1. The first-order chi connectivity index (χ1) is 12.2. The predicted molar refractivity (Wildman–Crippen MR) is 93.9 cm³/mol. The van der Waals surface area contributed by atoms with Crippen molar-refractivity contribution in [3.05, 3.63) is 48.8 Å². The molecular weight excluding hydrogens is 321 g/mol. The first-order valence-electron chi connectivity index (χ1n) is 9.02. The molecule has 0 bridgehead atoms. The predicted octanol–water partition coefficient (Wildman–Crippen LogP) is 2.75. The molecule has 136 valence electrons. The number of unbranched alkanes of at least 4 members (excludes halogenated alkanes) is 1. The van der Waals surface area contributed by atoms with E-state index in [9.17, 15) is 9.50 Å². The Hall–Kier alpha value is -1.92. The summed E-state index contributed by atoms with van der Waals surface area (Å²) in [6, 6.07) is 6.01. The minimum absolute atomic E-state index is 0.0486. The number of aromatic nitrogens is 2. The lowest BCUT2D eigenvalue weighted by molar-refractivity contribution is -0.0153. The van der Waals surface area contributed by atoms with Crippen LogP contribution in [0, 0.1) is 5.82 Å². The number of imidazole rings is 1. The second-order valence-electron chi connectivity index (χ2n) is 6.60. The average molecular weight is 347 g/mol. The molecule has 1 saturated carbocycles. The monoisotopic (exact) mass is 347 g/mol. The van der Waals surface area contributed by atoms with Crippen LogP contribution in [0.25, 0.3) is 0 Å². The van der Waals surface area contributed by atoms with E-state index in [0.29, 0.717) is 5.75 Å². The van der Waals surface area contributed by atoms with E-state index in [4.69, 9.17) is 4.74 Å². The third-order valence-corrected chi connectivity index (χ3v) is 4.71. The summed E-state index contributed by atoms with van der Waals surface area (Å²) in [5.41, 5.74) is 0. The highest BCUT2D eigenvalue weighted by atomic mass is 19.1. The Morgan fingerprint density at radius 2 is 2.08 bits per heavy atom. The summed E-state index contributed by atoms with van der Waals surface area (Å²) >= 11 is 0. The number of hydrogen-bond donors (Lipinski definition) is 2. The van der Waals surface area contributed by atoms with Gasteiger partial charge in [-0.2, -0.15) is 0 Å². The quantitative estimate of drug-likeness (QED) is 0.721. The van der Waals surface area contributed by atoms with Crippen LogP contribution in [0.5, 0.6) is 5.75 Å². The smallest absolute Gasteiger partial charge is 0.126 e. The van der Waals surface area contributed by atoms with Crippen LogP contribution in [-0.4, -0.2) is 39.5 Å². The third-order valence-electron chi connectivity index (χ3n) is 4.71. The maximum atomic E-state index is 13.0. The third kappa shape index (κ3) is 5.28. The zero-order valence-corrected chi connectivity index (χ0v) is 14.4. The number of benzene rings is 1. The molecule has 1 aliphatic rings. The van der Waals surface area contributed by atoms with Crippen molar-refractivity contribution in [2.75, 3.05) is 6.54 Å². The Balaban J connectivity index is 1.40. The van der Waals surface area contributed by atoms with E-state index in [2.05, 4.69) is 14.9 Å². The largest absolute Gasteiger partial charge is 0.488 e. The fourth-order valence-corrected chi connectivity index (χ4v) is 3.30. The van der Waals surface area contributed by atoms with Gasteiger partial charge in [0.2, 0.25) is 0 Å². The zero-order valence-electron chi connectivity index (χ0n) is 14.4. The summed E-state index contributed by atoms with van der Waals surface area (Å²) in [5.74, 6) is 0.318. The van der Waals surface area contributed by atoms with E-state index in [1.165, 1.54) is 12.1 Å². The lowest BCUT2D eigenvalue weighted by atomic mass is 9.89. The van der Waals surface area contributed by atoms with Crippen LogP contribution in [0.4, 0.5) is 4.39 Å². The average Bonchev–Trinajstić information content (AvgIpc) is 3.13. The molecule has 2 N–H and O–H groups in total. The molecule has 0 amide bonds. The highest BCUT2D eigenvalue weighted by Crippen LogP contribution is 2.24. The van der Waals surface area contributed by atoms with Gasteiger partial charge in [-0.1, -0.05) is 0 Å². The van der Waals surface area contributed by atoms with Gasteiger partial charge in [-0.25, -0.2) is 9.37 Å². The van der Waals surface area contributed by atoms with Gasteiger partial charge in [0.1, 0.15) is 23.8 Å². The number of halogens is 1. The van der Waals surface area contributed by atoms with Crippen LogP contribution in [0.1, 0.15) is 32.1 Å². The lowest BCUT2D eigenvalue weighted by Crippen LogP contribution is -2.51. The van der Waals surface area contributed by atoms with Gasteiger partial charge in [-0.05, 0) is 62.9 Å². The van der Waals surface area contributed by atoms with Crippen molar-refractivity contribution >= 4 is 0 Å². The van der Waals surface area contributed by atoms with Crippen LogP contribution in [0.3, 0.4) is 0 Å². The Kier molecular flexibility index (Phi) is 6.42. The second kappa shape index (κ2) is 8.97. The summed E-state index contributed by atoms with van der Waals surface area (Å²) < 4.78 is 20.9. The molecule has 1 fully saturated rings. The van der Waals surface area contributed by atoms with Gasteiger partial charge in [0, 0.05) is 25.0 Å². The Labute approximate surface area is 147 Å². The van der Waals surface area contributed by atoms with Crippen molar-refractivity contribution in [3.8, 4) is 5.75 Å². The Morgan fingerprint density at radius 1 is 1.24 bits per heavy atom. The van der Waals surface area contributed by atoms with Gasteiger partial charge in [0.25, 0.3) is 0 Å². The molecule has 0 aliphatic heterocycles. The van der Waals surface area contributed by atoms with E-state index in [1.807, 2.05) is 12.5 Å². The SMILES string of the molecule is O[C@@H]1[C@@H](NCCCCn2ccnc2)CCC[C@H]1Oc1ccc(F)cc1. The minimum atomic E-state index is -0.549. The number of aryl methyl sites for hydroxylation is 1. The highest BCUT2D eigenvalue weighted by molar-refractivity contribution is 5.22. The summed E-state index contributed by atoms with van der Waals surface area (Å²) in [6.45, 7) is 1.84. The van der Waals surface area contributed by atoms with Crippen molar-refractivity contribution in [1.29, 1.82) is 0 Å². The lowest BCUT2D eigenvalue weighted by Gasteiger charge is -2.35. The molecule has 6 heteroatoms. The number of rotatable bonds is 8. The number of hydrogen-bond acceptors (Lipinski definition) is 4. The van der Waals surface area contributed by atoms with Crippen LogP contribution < -0.4 is 10.1 Å². The second-order valence-corrected chi connectivity index (χ2v) is 6.60. The zero-order chi connectivity index (χ0) is 17.5. The molecule has 3 rings (SSSR count). The number of nitrogens with zero attached hydrogens (tertiary/aromatic N) is 2. The summed E-state index contributed by atoms with van der Waals surface area (Å²) in [5, 5.41) is 14.0. The van der Waals surface area contributed by atoms with Gasteiger partial charge in [0.15, 0.2) is 0 Å². The van der Waals surface area contributed by atoms with Gasteiger partial charge in [-0.15, -0.1) is 0 Å². The summed E-state index contributed by atoms with van der Waals surface area (Å²) in [7, 11) is 0. The van der Waals surface area contributed by atoms with Crippen molar-refractivity contribution in [3.63, 3.8) is 0 Å². The summed E-state index contributed by atoms with van der Waals surface area (Å²) in [6.07, 6.45) is 9.68. The molecule has 1 aromatic heterocycles. The maximum absolute atomic E-state index is 13.0. The first-order valence-corrected chi connectivity index (χ1v) is 9.02. The maximum Gasteiger partial charge on any atom is 0.126 e. The molecule has 25 heavy (non-hydrogen) atoms. The fourth-order valence-electron chi connectivity index (χ4n) is 3.30. The first kappa shape index (κ1) is 17.9. The molecule has 2 aromatic rings. The van der Waals surface area contributed by atoms with Gasteiger partial charge >= 0.3 is 0 Å². The van der Waals surface area contributed by atoms with E-state index < -0.39 is 6.10 Å². The molecule has 1 aliphatic carbocycles. The molecule has 0 unspecified atom stereocenters. The van der Waals surface area contributed by atoms with E-state index in [0.717, 1.165) is 45.2 Å². The molecule has 5 nitrogen and oxygen atoms in total. The molecule has 0 saturated heterocycles. The molecule has 1 aromatic carbocycles. The number of aliphatic hydroxyl groups excluding tert-OH is 1. The molecular formula is C19H26FN3O2. The van der Waals surface area contributed by atoms with Crippen LogP contribution in [0.15, 0.2) is 43.0 Å². The van der Waals surface area contributed by atoms with E-state index >= 15 is 0 Å². The number of nitrogens with one attached hydrogen (secondary N) is 1. The number of ether oxygens (including phenoxy) is 1. The van der Waals surface area contributed by atoms with Crippen LogP contribution >= 0.6 is 0 Å². The van der Waals surface area contributed by atoms with Gasteiger partial charge in [-0.3, -0.25) is 0 Å². The standard InChI is InChI=1S/C19H26FN3O2/c20-15-6-8-16(9-7-15)25-18-5-3-4-17(19(18)24)22-10-1-2-12-23-13-11-21-14-23/h6-9,11,13-14,17-19,22,24H,1-5,10,12H2/t17-,18+,19+/m0/s1. The minimum Gasteiger partial charge on any atom is -0.488 e. The van der Waals surface area contributed by atoms with Gasteiger partial charge in [0.05, 0.1) is 6.33 Å². The van der Waals surface area contributed by atoms with Crippen LogP contribution in [0.2, 0.25) is 0 Å². The van der Waals surface area contributed by atoms with E-state index in [1.54, 1.807) is 18.3 Å². The fraction of sp³-hybridized carbons (Fsp3) is 0.526. The normalized spacial score (nSPS) is 23.5. The molecule has 0 radical (unpaired) electrons.